The minimum atomic E-state index is -0.791. The van der Waals surface area contributed by atoms with E-state index in [1.165, 1.54) is 18.3 Å². The SMILES string of the molecule is O=[N+]([O-])c1ccc(Oc2ccnn3ccc(I)c23)c(F)c1. The third kappa shape index (κ3) is 2.53. The summed E-state index contributed by atoms with van der Waals surface area (Å²) < 4.78 is 21.9. The molecule has 0 bridgehead atoms. The average Bonchev–Trinajstić information content (AvgIpc) is 2.83. The largest absolute Gasteiger partial charge is 0.452 e. The summed E-state index contributed by atoms with van der Waals surface area (Å²) in [6.45, 7) is 0. The maximum absolute atomic E-state index is 13.9. The van der Waals surface area contributed by atoms with Gasteiger partial charge in [0, 0.05) is 21.9 Å². The number of halogens is 2. The molecule has 0 fully saturated rings. The molecule has 1 aromatic carbocycles. The fraction of sp³-hybridized carbons (Fsp3) is 0. The second-order valence-corrected chi connectivity index (χ2v) is 5.29. The van der Waals surface area contributed by atoms with Gasteiger partial charge >= 0.3 is 0 Å². The van der Waals surface area contributed by atoms with E-state index >= 15 is 0 Å². The molecule has 2 heterocycles. The molecule has 21 heavy (non-hydrogen) atoms. The zero-order valence-corrected chi connectivity index (χ0v) is 12.5. The Labute approximate surface area is 131 Å². The summed E-state index contributed by atoms with van der Waals surface area (Å²) in [7, 11) is 0. The van der Waals surface area contributed by atoms with Crippen molar-refractivity contribution < 1.29 is 14.1 Å². The first kappa shape index (κ1) is 13.7. The van der Waals surface area contributed by atoms with E-state index in [-0.39, 0.29) is 11.4 Å². The van der Waals surface area contributed by atoms with Crippen LogP contribution in [-0.4, -0.2) is 14.5 Å². The highest BCUT2D eigenvalue weighted by Crippen LogP contribution is 2.31. The second-order valence-electron chi connectivity index (χ2n) is 4.13. The fourth-order valence-corrected chi connectivity index (χ4v) is 2.54. The summed E-state index contributed by atoms with van der Waals surface area (Å²) in [5.41, 5.74) is 0.382. The van der Waals surface area contributed by atoms with Crippen LogP contribution >= 0.6 is 22.6 Å². The zero-order chi connectivity index (χ0) is 15.0. The van der Waals surface area contributed by atoms with Crippen molar-refractivity contribution >= 4 is 33.8 Å². The summed E-state index contributed by atoms with van der Waals surface area (Å²) in [4.78, 5) is 9.93. The molecule has 106 valence electrons. The van der Waals surface area contributed by atoms with Gasteiger partial charge in [0.2, 0.25) is 0 Å². The molecule has 0 aliphatic carbocycles. The third-order valence-electron chi connectivity index (χ3n) is 2.81. The van der Waals surface area contributed by atoms with Crippen molar-refractivity contribution in [2.24, 2.45) is 0 Å². The van der Waals surface area contributed by atoms with Gasteiger partial charge in [0.05, 0.1) is 17.2 Å². The first-order valence-electron chi connectivity index (χ1n) is 5.80. The Morgan fingerprint density at radius 3 is 2.81 bits per heavy atom. The van der Waals surface area contributed by atoms with E-state index in [2.05, 4.69) is 27.7 Å². The van der Waals surface area contributed by atoms with Crippen LogP contribution in [-0.2, 0) is 0 Å². The molecule has 0 amide bonds. The highest BCUT2D eigenvalue weighted by molar-refractivity contribution is 14.1. The van der Waals surface area contributed by atoms with Crippen molar-refractivity contribution in [1.82, 2.24) is 9.61 Å². The molecule has 0 aliphatic rings. The minimum Gasteiger partial charge on any atom is -0.452 e. The van der Waals surface area contributed by atoms with Gasteiger partial charge in [0.15, 0.2) is 17.3 Å². The monoisotopic (exact) mass is 399 g/mol. The predicted octanol–water partition coefficient (Wildman–Crippen LogP) is 3.78. The van der Waals surface area contributed by atoms with Crippen molar-refractivity contribution in [2.75, 3.05) is 0 Å². The van der Waals surface area contributed by atoms with E-state index < -0.39 is 10.7 Å². The number of hydrogen-bond donors (Lipinski definition) is 0. The predicted molar refractivity (Wildman–Crippen MR) is 81.0 cm³/mol. The number of benzene rings is 1. The van der Waals surface area contributed by atoms with Crippen molar-refractivity contribution in [2.45, 2.75) is 0 Å². The van der Waals surface area contributed by atoms with Gasteiger partial charge in [-0.05, 0) is 34.7 Å². The van der Waals surface area contributed by atoms with Crippen LogP contribution in [0.5, 0.6) is 11.5 Å². The van der Waals surface area contributed by atoms with Gasteiger partial charge in [-0.25, -0.2) is 8.91 Å². The van der Waals surface area contributed by atoms with Crippen LogP contribution in [0.4, 0.5) is 10.1 Å². The van der Waals surface area contributed by atoms with Crippen LogP contribution in [0.3, 0.4) is 0 Å². The van der Waals surface area contributed by atoms with Crippen molar-refractivity contribution in [3.8, 4) is 11.5 Å². The van der Waals surface area contributed by atoms with Crippen LogP contribution < -0.4 is 4.74 Å². The van der Waals surface area contributed by atoms with Crippen LogP contribution in [0.1, 0.15) is 0 Å². The molecular formula is C13H7FIN3O3. The molecule has 0 spiro atoms. The number of nitro groups is 1. The van der Waals surface area contributed by atoms with E-state index in [9.17, 15) is 14.5 Å². The lowest BCUT2D eigenvalue weighted by Crippen LogP contribution is -1.96. The number of rotatable bonds is 3. The van der Waals surface area contributed by atoms with Crippen LogP contribution in [0, 0.1) is 19.5 Å². The molecule has 2 aromatic heterocycles. The number of non-ortho nitro benzene ring substituents is 1. The number of hydrogen-bond acceptors (Lipinski definition) is 4. The number of ether oxygens (including phenoxy) is 1. The maximum Gasteiger partial charge on any atom is 0.272 e. The molecule has 3 aromatic rings. The van der Waals surface area contributed by atoms with E-state index in [4.69, 9.17) is 4.74 Å². The van der Waals surface area contributed by atoms with Crippen molar-refractivity contribution in [1.29, 1.82) is 0 Å². The molecule has 0 radical (unpaired) electrons. The van der Waals surface area contributed by atoms with E-state index in [0.717, 1.165) is 9.64 Å². The Bertz CT molecular complexity index is 850. The molecule has 0 saturated carbocycles. The summed E-state index contributed by atoms with van der Waals surface area (Å²) in [5.74, 6) is -0.446. The molecule has 0 atom stereocenters. The molecule has 0 aliphatic heterocycles. The fourth-order valence-electron chi connectivity index (χ4n) is 1.86. The van der Waals surface area contributed by atoms with Crippen molar-refractivity contribution in [3.05, 3.63) is 62.2 Å². The Kier molecular flexibility index (Phi) is 3.45. The average molecular weight is 399 g/mol. The minimum absolute atomic E-state index is 0.0781. The maximum atomic E-state index is 13.9. The molecule has 8 heteroatoms. The zero-order valence-electron chi connectivity index (χ0n) is 10.4. The third-order valence-corrected chi connectivity index (χ3v) is 3.68. The first-order valence-corrected chi connectivity index (χ1v) is 6.88. The molecule has 0 saturated heterocycles. The van der Waals surface area contributed by atoms with Crippen LogP contribution in [0.2, 0.25) is 0 Å². The Morgan fingerprint density at radius 2 is 2.10 bits per heavy atom. The quantitative estimate of drug-likeness (QED) is 0.382. The van der Waals surface area contributed by atoms with Crippen LogP contribution in [0.15, 0.2) is 42.7 Å². The van der Waals surface area contributed by atoms with E-state index in [1.807, 2.05) is 6.07 Å². The Morgan fingerprint density at radius 1 is 1.29 bits per heavy atom. The normalized spacial score (nSPS) is 10.8. The number of fused-ring (bicyclic) bond motifs is 1. The summed E-state index contributed by atoms with van der Waals surface area (Å²) in [6.07, 6.45) is 3.29. The topological polar surface area (TPSA) is 69.7 Å². The first-order chi connectivity index (χ1) is 10.1. The molecule has 6 nitrogen and oxygen atoms in total. The van der Waals surface area contributed by atoms with Crippen LogP contribution in [0.25, 0.3) is 5.52 Å². The van der Waals surface area contributed by atoms with Gasteiger partial charge in [-0.15, -0.1) is 0 Å². The Balaban J connectivity index is 2.03. The highest BCUT2D eigenvalue weighted by atomic mass is 127. The number of nitro benzene ring substituents is 1. The highest BCUT2D eigenvalue weighted by Gasteiger charge is 2.14. The lowest BCUT2D eigenvalue weighted by Gasteiger charge is -2.08. The van der Waals surface area contributed by atoms with E-state index in [1.54, 1.807) is 16.8 Å². The lowest BCUT2D eigenvalue weighted by molar-refractivity contribution is -0.385. The molecule has 0 unspecified atom stereocenters. The standard InChI is InChI=1S/C13H7FIN3O3/c14-9-7-8(18(19)20)1-2-11(9)21-12-3-5-16-17-6-4-10(15)13(12)17/h1-7H. The summed E-state index contributed by atoms with van der Waals surface area (Å²) in [5, 5.41) is 14.7. The van der Waals surface area contributed by atoms with Gasteiger partial charge in [0.25, 0.3) is 5.69 Å². The number of aromatic nitrogens is 2. The smallest absolute Gasteiger partial charge is 0.272 e. The molecule has 0 N–H and O–H groups in total. The summed E-state index contributed by atoms with van der Waals surface area (Å²) >= 11 is 2.12. The van der Waals surface area contributed by atoms with E-state index in [0.29, 0.717) is 11.3 Å². The lowest BCUT2D eigenvalue weighted by atomic mass is 10.3. The Hall–Kier alpha value is -2.23. The van der Waals surface area contributed by atoms with Gasteiger partial charge in [-0.2, -0.15) is 5.10 Å². The van der Waals surface area contributed by atoms with Gasteiger partial charge in [0.1, 0.15) is 5.52 Å². The van der Waals surface area contributed by atoms with Gasteiger partial charge in [-0.1, -0.05) is 0 Å². The van der Waals surface area contributed by atoms with Gasteiger partial charge in [-0.3, -0.25) is 10.1 Å². The summed E-state index contributed by atoms with van der Waals surface area (Å²) in [6, 6.07) is 6.72. The van der Waals surface area contributed by atoms with Gasteiger partial charge < -0.3 is 4.74 Å². The second kappa shape index (κ2) is 5.28. The molecular weight excluding hydrogens is 392 g/mol. The number of nitrogens with zero attached hydrogens (tertiary/aromatic N) is 3. The van der Waals surface area contributed by atoms with Crippen molar-refractivity contribution in [3.63, 3.8) is 0 Å². The molecule has 3 rings (SSSR count).